The number of hydrogen-bond acceptors (Lipinski definition) is 2. The Hall–Kier alpha value is -1.06. The fourth-order valence-corrected chi connectivity index (χ4v) is 2.79. The first-order valence-electron chi connectivity index (χ1n) is 6.91. The molecule has 19 heavy (non-hydrogen) atoms. The van der Waals surface area contributed by atoms with Gasteiger partial charge < -0.3 is 9.47 Å². The summed E-state index contributed by atoms with van der Waals surface area (Å²) in [5.74, 6) is 1.45. The molecule has 1 fully saturated rings. The van der Waals surface area contributed by atoms with Crippen LogP contribution < -0.4 is 0 Å². The van der Waals surface area contributed by atoms with Gasteiger partial charge in [-0.3, -0.25) is 0 Å². The molecular formula is C15H20ClN3. The zero-order chi connectivity index (χ0) is 13.4. The van der Waals surface area contributed by atoms with Crippen molar-refractivity contribution < 1.29 is 0 Å². The highest BCUT2D eigenvalue weighted by atomic mass is 35.5. The topological polar surface area (TPSA) is 21.1 Å². The van der Waals surface area contributed by atoms with Crippen LogP contribution in [0.4, 0.5) is 0 Å². The van der Waals surface area contributed by atoms with Gasteiger partial charge in [-0.15, -0.1) is 11.6 Å². The van der Waals surface area contributed by atoms with E-state index in [-0.39, 0.29) is 0 Å². The molecule has 3 rings (SSSR count). The Morgan fingerprint density at radius 3 is 2.89 bits per heavy atom. The van der Waals surface area contributed by atoms with E-state index in [9.17, 15) is 0 Å². The first-order valence-corrected chi connectivity index (χ1v) is 7.44. The number of fused-ring (bicyclic) bond motifs is 1. The highest BCUT2D eigenvalue weighted by Crippen LogP contribution is 2.25. The predicted molar refractivity (Wildman–Crippen MR) is 79.7 cm³/mol. The molecule has 0 bridgehead atoms. The maximum Gasteiger partial charge on any atom is 0.124 e. The zero-order valence-corrected chi connectivity index (χ0v) is 12.3. The minimum absolute atomic E-state index is 0.473. The molecule has 4 heteroatoms. The monoisotopic (exact) mass is 277 g/mol. The molecule has 0 unspecified atom stereocenters. The molecule has 1 saturated carbocycles. The summed E-state index contributed by atoms with van der Waals surface area (Å²) >= 11 is 6.04. The van der Waals surface area contributed by atoms with Crippen LogP contribution in [0, 0.1) is 6.92 Å². The summed E-state index contributed by atoms with van der Waals surface area (Å²) in [7, 11) is 2.21. The Morgan fingerprint density at radius 2 is 2.21 bits per heavy atom. The minimum Gasteiger partial charge on any atom is -0.326 e. The van der Waals surface area contributed by atoms with Crippen LogP contribution in [0.25, 0.3) is 11.0 Å². The van der Waals surface area contributed by atoms with Gasteiger partial charge in [-0.25, -0.2) is 4.98 Å². The molecule has 0 radical (unpaired) electrons. The van der Waals surface area contributed by atoms with Crippen molar-refractivity contribution in [3.8, 4) is 0 Å². The van der Waals surface area contributed by atoms with Crippen molar-refractivity contribution >= 4 is 22.6 Å². The molecule has 0 N–H and O–H groups in total. The van der Waals surface area contributed by atoms with Crippen LogP contribution in [-0.2, 0) is 12.4 Å². The Morgan fingerprint density at radius 1 is 1.42 bits per heavy atom. The Kier molecular flexibility index (Phi) is 3.50. The van der Waals surface area contributed by atoms with Crippen LogP contribution in [0.5, 0.6) is 0 Å². The lowest BCUT2D eigenvalue weighted by molar-refractivity contribution is 0.309. The number of aromatic nitrogens is 2. The molecule has 3 nitrogen and oxygen atoms in total. The number of imidazole rings is 1. The Labute approximate surface area is 119 Å². The SMILES string of the molecule is Cc1ccc2nc(CCl)n(CCN(C)C3CC3)c2c1. The third kappa shape index (κ3) is 2.63. The molecular weight excluding hydrogens is 258 g/mol. The number of alkyl halides is 1. The second-order valence-electron chi connectivity index (χ2n) is 5.52. The van der Waals surface area contributed by atoms with Crippen molar-refractivity contribution in [3.05, 3.63) is 29.6 Å². The van der Waals surface area contributed by atoms with Gasteiger partial charge in [0.1, 0.15) is 5.82 Å². The van der Waals surface area contributed by atoms with Gasteiger partial charge in [0.15, 0.2) is 0 Å². The zero-order valence-electron chi connectivity index (χ0n) is 11.6. The molecule has 1 aromatic carbocycles. The van der Waals surface area contributed by atoms with Gasteiger partial charge in [-0.1, -0.05) is 6.07 Å². The van der Waals surface area contributed by atoms with Gasteiger partial charge in [-0.05, 0) is 44.5 Å². The van der Waals surface area contributed by atoms with Crippen molar-refractivity contribution in [2.45, 2.75) is 38.2 Å². The summed E-state index contributed by atoms with van der Waals surface area (Å²) in [6.45, 7) is 4.15. The third-order valence-electron chi connectivity index (χ3n) is 3.95. The highest BCUT2D eigenvalue weighted by molar-refractivity contribution is 6.16. The largest absolute Gasteiger partial charge is 0.326 e. The second kappa shape index (κ2) is 5.14. The van der Waals surface area contributed by atoms with E-state index in [1.54, 1.807) is 0 Å². The van der Waals surface area contributed by atoms with Crippen LogP contribution in [0.1, 0.15) is 24.2 Å². The maximum atomic E-state index is 6.04. The number of likely N-dealkylation sites (N-methyl/N-ethyl adjacent to an activating group) is 1. The molecule has 0 amide bonds. The van der Waals surface area contributed by atoms with E-state index < -0.39 is 0 Å². The summed E-state index contributed by atoms with van der Waals surface area (Å²) in [5.41, 5.74) is 3.53. The smallest absolute Gasteiger partial charge is 0.124 e. The van der Waals surface area contributed by atoms with Crippen molar-refractivity contribution in [3.63, 3.8) is 0 Å². The van der Waals surface area contributed by atoms with E-state index in [2.05, 4.69) is 46.6 Å². The lowest BCUT2D eigenvalue weighted by Gasteiger charge is -2.17. The Bertz CT molecular complexity index is 586. The first kappa shape index (κ1) is 12.9. The van der Waals surface area contributed by atoms with Gasteiger partial charge in [0, 0.05) is 19.1 Å². The quantitative estimate of drug-likeness (QED) is 0.783. The average Bonchev–Trinajstić information content (AvgIpc) is 3.19. The van der Waals surface area contributed by atoms with E-state index in [0.717, 1.165) is 30.5 Å². The summed E-state index contributed by atoms with van der Waals surface area (Å²) in [4.78, 5) is 7.07. The van der Waals surface area contributed by atoms with Crippen molar-refractivity contribution in [2.24, 2.45) is 0 Å². The molecule has 0 aliphatic heterocycles. The average molecular weight is 278 g/mol. The Balaban J connectivity index is 1.88. The molecule has 2 aromatic rings. The van der Waals surface area contributed by atoms with Gasteiger partial charge >= 0.3 is 0 Å². The standard InChI is InChI=1S/C15H20ClN3/c1-11-3-6-13-14(9-11)19(15(10-16)17-13)8-7-18(2)12-4-5-12/h3,6,9,12H,4-5,7-8,10H2,1-2H3. The fraction of sp³-hybridized carbons (Fsp3) is 0.533. The molecule has 0 spiro atoms. The third-order valence-corrected chi connectivity index (χ3v) is 4.19. The number of benzene rings is 1. The summed E-state index contributed by atoms with van der Waals surface area (Å²) in [6.07, 6.45) is 2.70. The van der Waals surface area contributed by atoms with Gasteiger partial charge in [0.05, 0.1) is 16.9 Å². The molecule has 1 heterocycles. The highest BCUT2D eigenvalue weighted by Gasteiger charge is 2.25. The number of aryl methyl sites for hydroxylation is 1. The van der Waals surface area contributed by atoms with Gasteiger partial charge in [-0.2, -0.15) is 0 Å². The summed E-state index contributed by atoms with van der Waals surface area (Å²) < 4.78 is 2.27. The lowest BCUT2D eigenvalue weighted by Crippen LogP contribution is -2.25. The van der Waals surface area contributed by atoms with Gasteiger partial charge in [0.2, 0.25) is 0 Å². The molecule has 1 aliphatic rings. The maximum absolute atomic E-state index is 6.04. The molecule has 0 atom stereocenters. The van der Waals surface area contributed by atoms with Crippen LogP contribution in [0.2, 0.25) is 0 Å². The number of halogens is 1. The predicted octanol–water partition coefficient (Wildman–Crippen LogP) is 3.18. The lowest BCUT2D eigenvalue weighted by atomic mass is 10.2. The molecule has 1 aromatic heterocycles. The molecule has 0 saturated heterocycles. The first-order chi connectivity index (χ1) is 9.19. The summed E-state index contributed by atoms with van der Waals surface area (Å²) in [6, 6.07) is 7.20. The van der Waals surface area contributed by atoms with Crippen LogP contribution >= 0.6 is 11.6 Å². The number of nitrogens with zero attached hydrogens (tertiary/aromatic N) is 3. The second-order valence-corrected chi connectivity index (χ2v) is 5.78. The minimum atomic E-state index is 0.473. The van der Waals surface area contributed by atoms with Gasteiger partial charge in [0.25, 0.3) is 0 Å². The molecule has 102 valence electrons. The number of hydrogen-bond donors (Lipinski definition) is 0. The van der Waals surface area contributed by atoms with E-state index in [1.807, 2.05) is 0 Å². The molecule has 1 aliphatic carbocycles. The fourth-order valence-electron chi connectivity index (χ4n) is 2.59. The van der Waals surface area contributed by atoms with E-state index in [4.69, 9.17) is 11.6 Å². The van der Waals surface area contributed by atoms with Crippen LogP contribution in [-0.4, -0.2) is 34.1 Å². The van der Waals surface area contributed by atoms with E-state index in [0.29, 0.717) is 5.88 Å². The van der Waals surface area contributed by atoms with Crippen molar-refractivity contribution in [1.82, 2.24) is 14.5 Å². The van der Waals surface area contributed by atoms with E-state index >= 15 is 0 Å². The van der Waals surface area contributed by atoms with E-state index in [1.165, 1.54) is 23.9 Å². The normalized spacial score (nSPS) is 15.6. The van der Waals surface area contributed by atoms with Crippen molar-refractivity contribution in [2.75, 3.05) is 13.6 Å². The van der Waals surface area contributed by atoms with Crippen LogP contribution in [0.15, 0.2) is 18.2 Å². The number of rotatable bonds is 5. The summed E-state index contributed by atoms with van der Waals surface area (Å²) in [5, 5.41) is 0. The van der Waals surface area contributed by atoms with Crippen LogP contribution in [0.3, 0.4) is 0 Å². The van der Waals surface area contributed by atoms with Crippen molar-refractivity contribution in [1.29, 1.82) is 0 Å².